The van der Waals surface area contributed by atoms with E-state index in [-0.39, 0.29) is 5.91 Å². The van der Waals surface area contributed by atoms with Crippen molar-refractivity contribution < 1.29 is 14.3 Å². The molecular formula is C21H19BrN2O3. The predicted octanol–water partition coefficient (Wildman–Crippen LogP) is 4.71. The van der Waals surface area contributed by atoms with Crippen LogP contribution in [0.15, 0.2) is 71.3 Å². The van der Waals surface area contributed by atoms with Crippen LogP contribution in [0.25, 0.3) is 0 Å². The van der Waals surface area contributed by atoms with Crippen LogP contribution in [-0.4, -0.2) is 25.1 Å². The number of methoxy groups -OCH3 is 2. The molecule has 5 nitrogen and oxygen atoms in total. The van der Waals surface area contributed by atoms with Gasteiger partial charge in [0.15, 0.2) is 11.5 Å². The molecule has 0 fully saturated rings. The number of amides is 1. The molecule has 3 rings (SSSR count). The van der Waals surface area contributed by atoms with Crippen molar-refractivity contribution in [2.75, 3.05) is 19.1 Å². The lowest BCUT2D eigenvalue weighted by Crippen LogP contribution is -2.31. The molecular weight excluding hydrogens is 408 g/mol. The molecule has 27 heavy (non-hydrogen) atoms. The molecule has 0 aliphatic carbocycles. The Morgan fingerprint density at radius 3 is 2.41 bits per heavy atom. The molecule has 0 aliphatic heterocycles. The van der Waals surface area contributed by atoms with Crippen LogP contribution in [0, 0.1) is 0 Å². The van der Waals surface area contributed by atoms with Gasteiger partial charge in [0.1, 0.15) is 5.82 Å². The summed E-state index contributed by atoms with van der Waals surface area (Å²) >= 11 is 3.46. The highest BCUT2D eigenvalue weighted by molar-refractivity contribution is 9.10. The fourth-order valence-electron chi connectivity index (χ4n) is 2.71. The SMILES string of the molecule is COc1ccc(CN(C(=O)c2ccccc2Br)c2ccccn2)cc1OC. The molecule has 0 unspecified atom stereocenters. The Balaban J connectivity index is 1.99. The van der Waals surface area contributed by atoms with Crippen molar-refractivity contribution in [3.05, 3.63) is 82.5 Å². The number of ether oxygens (including phenoxy) is 2. The average molecular weight is 427 g/mol. The molecule has 6 heteroatoms. The van der Waals surface area contributed by atoms with Gasteiger partial charge in [-0.25, -0.2) is 4.98 Å². The lowest BCUT2D eigenvalue weighted by atomic mass is 10.1. The minimum atomic E-state index is -0.143. The van der Waals surface area contributed by atoms with Gasteiger partial charge < -0.3 is 9.47 Å². The van der Waals surface area contributed by atoms with Crippen molar-refractivity contribution in [2.45, 2.75) is 6.54 Å². The largest absolute Gasteiger partial charge is 0.493 e. The maximum atomic E-state index is 13.2. The quantitative estimate of drug-likeness (QED) is 0.572. The maximum absolute atomic E-state index is 13.2. The van der Waals surface area contributed by atoms with E-state index in [9.17, 15) is 4.79 Å². The third-order valence-corrected chi connectivity index (χ3v) is 4.76. The van der Waals surface area contributed by atoms with Gasteiger partial charge in [0, 0.05) is 10.7 Å². The number of pyridine rings is 1. The van der Waals surface area contributed by atoms with Gasteiger partial charge >= 0.3 is 0 Å². The fraction of sp³-hybridized carbons (Fsp3) is 0.143. The van der Waals surface area contributed by atoms with Crippen molar-refractivity contribution >= 4 is 27.7 Å². The summed E-state index contributed by atoms with van der Waals surface area (Å²) in [7, 11) is 3.18. The van der Waals surface area contributed by atoms with Gasteiger partial charge in [0.2, 0.25) is 0 Å². The summed E-state index contributed by atoms with van der Waals surface area (Å²) in [5.41, 5.74) is 1.47. The molecule has 0 spiro atoms. The molecule has 1 aromatic heterocycles. The van der Waals surface area contributed by atoms with Crippen LogP contribution in [-0.2, 0) is 6.54 Å². The van der Waals surface area contributed by atoms with Gasteiger partial charge in [0.05, 0.1) is 26.3 Å². The van der Waals surface area contributed by atoms with Gasteiger partial charge in [-0.05, 0) is 57.9 Å². The number of rotatable bonds is 6. The first-order valence-electron chi connectivity index (χ1n) is 8.32. The van der Waals surface area contributed by atoms with Crippen LogP contribution in [0.2, 0.25) is 0 Å². The minimum Gasteiger partial charge on any atom is -0.493 e. The Kier molecular flexibility index (Phi) is 6.08. The van der Waals surface area contributed by atoms with E-state index in [2.05, 4.69) is 20.9 Å². The summed E-state index contributed by atoms with van der Waals surface area (Å²) in [4.78, 5) is 19.2. The van der Waals surface area contributed by atoms with Crippen LogP contribution < -0.4 is 14.4 Å². The molecule has 1 heterocycles. The zero-order valence-electron chi connectivity index (χ0n) is 15.1. The standard InChI is InChI=1S/C21H19BrN2O3/c1-26-18-11-10-15(13-19(18)27-2)14-24(20-9-5-6-12-23-20)21(25)16-7-3-4-8-17(16)22/h3-13H,14H2,1-2H3. The van der Waals surface area contributed by atoms with Gasteiger partial charge in [0.25, 0.3) is 5.91 Å². The summed E-state index contributed by atoms with van der Waals surface area (Å²) in [6.45, 7) is 0.345. The Morgan fingerprint density at radius 1 is 1.00 bits per heavy atom. The van der Waals surface area contributed by atoms with Crippen LogP contribution in [0.5, 0.6) is 11.5 Å². The number of hydrogen-bond donors (Lipinski definition) is 0. The van der Waals surface area contributed by atoms with Gasteiger partial charge in [-0.1, -0.05) is 24.3 Å². The van der Waals surface area contributed by atoms with E-state index >= 15 is 0 Å². The van der Waals surface area contributed by atoms with E-state index < -0.39 is 0 Å². The average Bonchev–Trinajstić information content (AvgIpc) is 2.72. The highest BCUT2D eigenvalue weighted by atomic mass is 79.9. The Morgan fingerprint density at radius 2 is 1.74 bits per heavy atom. The summed E-state index contributed by atoms with van der Waals surface area (Å²) in [6.07, 6.45) is 1.67. The second kappa shape index (κ2) is 8.68. The molecule has 0 N–H and O–H groups in total. The van der Waals surface area contributed by atoms with Crippen molar-refractivity contribution in [3.8, 4) is 11.5 Å². The van der Waals surface area contributed by atoms with Crippen molar-refractivity contribution in [2.24, 2.45) is 0 Å². The van der Waals surface area contributed by atoms with E-state index in [0.29, 0.717) is 29.4 Å². The van der Waals surface area contributed by atoms with Crippen molar-refractivity contribution in [3.63, 3.8) is 0 Å². The first-order valence-corrected chi connectivity index (χ1v) is 9.11. The van der Waals surface area contributed by atoms with Crippen LogP contribution in [0.1, 0.15) is 15.9 Å². The first-order chi connectivity index (χ1) is 13.1. The zero-order valence-corrected chi connectivity index (χ0v) is 16.6. The summed E-state index contributed by atoms with van der Waals surface area (Å²) < 4.78 is 11.4. The maximum Gasteiger partial charge on any atom is 0.260 e. The first kappa shape index (κ1) is 18.9. The lowest BCUT2D eigenvalue weighted by Gasteiger charge is -2.23. The molecule has 138 valence electrons. The summed E-state index contributed by atoms with van der Waals surface area (Å²) in [6, 6.07) is 18.4. The molecule has 3 aromatic rings. The van der Waals surface area contributed by atoms with Crippen LogP contribution in [0.3, 0.4) is 0 Å². The molecule has 0 bridgehead atoms. The molecule has 1 amide bonds. The van der Waals surface area contributed by atoms with Gasteiger partial charge in [-0.15, -0.1) is 0 Å². The Bertz CT molecular complexity index is 932. The number of hydrogen-bond acceptors (Lipinski definition) is 4. The predicted molar refractivity (Wildman–Crippen MR) is 108 cm³/mol. The van der Waals surface area contributed by atoms with E-state index in [4.69, 9.17) is 9.47 Å². The van der Waals surface area contributed by atoms with E-state index in [1.165, 1.54) is 0 Å². The number of nitrogens with zero attached hydrogens (tertiary/aromatic N) is 2. The molecule has 0 radical (unpaired) electrons. The highest BCUT2D eigenvalue weighted by Gasteiger charge is 2.21. The summed E-state index contributed by atoms with van der Waals surface area (Å²) in [5, 5.41) is 0. The molecule has 0 atom stereocenters. The Labute approximate surface area is 166 Å². The number of anilines is 1. The van der Waals surface area contributed by atoms with Crippen molar-refractivity contribution in [1.82, 2.24) is 4.98 Å². The third-order valence-electron chi connectivity index (χ3n) is 4.06. The number of carbonyl (C=O) groups excluding carboxylic acids is 1. The fourth-order valence-corrected chi connectivity index (χ4v) is 3.17. The van der Waals surface area contributed by atoms with Gasteiger partial charge in [-0.3, -0.25) is 9.69 Å². The topological polar surface area (TPSA) is 51.7 Å². The number of carbonyl (C=O) groups is 1. The number of benzene rings is 2. The number of aromatic nitrogens is 1. The lowest BCUT2D eigenvalue weighted by molar-refractivity contribution is 0.0983. The minimum absolute atomic E-state index is 0.143. The van der Waals surface area contributed by atoms with E-state index in [1.54, 1.807) is 31.4 Å². The number of halogens is 1. The second-order valence-corrected chi connectivity index (χ2v) is 6.60. The molecule has 2 aromatic carbocycles. The van der Waals surface area contributed by atoms with Gasteiger partial charge in [-0.2, -0.15) is 0 Å². The smallest absolute Gasteiger partial charge is 0.260 e. The van der Waals surface area contributed by atoms with Crippen LogP contribution in [0.4, 0.5) is 5.82 Å². The monoisotopic (exact) mass is 426 g/mol. The normalized spacial score (nSPS) is 10.3. The summed E-state index contributed by atoms with van der Waals surface area (Å²) in [5.74, 6) is 1.69. The molecule has 0 saturated carbocycles. The molecule has 0 saturated heterocycles. The molecule has 0 aliphatic rings. The second-order valence-electron chi connectivity index (χ2n) is 5.75. The van der Waals surface area contributed by atoms with E-state index in [1.807, 2.05) is 54.6 Å². The third kappa shape index (κ3) is 4.28. The zero-order chi connectivity index (χ0) is 19.2. The Hall–Kier alpha value is -2.86. The highest BCUT2D eigenvalue weighted by Crippen LogP contribution is 2.29. The van der Waals surface area contributed by atoms with E-state index in [0.717, 1.165) is 10.0 Å². The van der Waals surface area contributed by atoms with Crippen LogP contribution >= 0.6 is 15.9 Å². The van der Waals surface area contributed by atoms with Crippen molar-refractivity contribution in [1.29, 1.82) is 0 Å².